The van der Waals surface area contributed by atoms with Crippen LogP contribution >= 0.6 is 0 Å². The van der Waals surface area contributed by atoms with Gasteiger partial charge in [0, 0.05) is 43.4 Å². The maximum Gasteiger partial charge on any atom is 0.136 e. The molecule has 9 aromatic carbocycles. The Hall–Kier alpha value is -6.84. The zero-order valence-electron chi connectivity index (χ0n) is 27.5. The first-order chi connectivity index (χ1) is 25.3. The van der Waals surface area contributed by atoms with Gasteiger partial charge in [0.15, 0.2) is 0 Å². The SMILES string of the molecule is c1ccc(-n2c3ccccc3c3cc(-c4ccc5c(c4)c4ccccc4n5-c4ccc5oc6cccc7c8ccccc8c4c5c67)ccc32)cc1. The lowest BCUT2D eigenvalue weighted by atomic mass is 9.93. The van der Waals surface area contributed by atoms with Crippen molar-refractivity contribution in [1.82, 2.24) is 9.13 Å². The summed E-state index contributed by atoms with van der Waals surface area (Å²) in [5, 5.41) is 12.4. The molecule has 0 unspecified atom stereocenters. The molecule has 236 valence electrons. The highest BCUT2D eigenvalue weighted by Gasteiger charge is 2.22. The number of fused-ring (bicyclic) bond motifs is 9. The van der Waals surface area contributed by atoms with Crippen LogP contribution in [0.2, 0.25) is 0 Å². The molecule has 0 amide bonds. The van der Waals surface area contributed by atoms with Gasteiger partial charge in [-0.15, -0.1) is 0 Å². The molecule has 0 spiro atoms. The molecule has 3 nitrogen and oxygen atoms in total. The minimum Gasteiger partial charge on any atom is -0.456 e. The van der Waals surface area contributed by atoms with Crippen molar-refractivity contribution in [1.29, 1.82) is 0 Å². The van der Waals surface area contributed by atoms with E-state index >= 15 is 0 Å². The van der Waals surface area contributed by atoms with Gasteiger partial charge in [-0.25, -0.2) is 0 Å². The number of aromatic nitrogens is 2. The molecule has 0 fully saturated rings. The standard InChI is InChI=1S/C48H28N2O/c1-2-11-31(12-3-1)49-39-18-8-6-14-33(39)37-27-29(21-23-41(37)49)30-22-24-42-38(28-30)34-15-7-9-19-40(34)50(42)43-25-26-45-48-46(43)35-16-5-4-13-32(35)36-17-10-20-44(51-45)47(36)48/h1-28H. The van der Waals surface area contributed by atoms with E-state index in [-0.39, 0.29) is 0 Å². The van der Waals surface area contributed by atoms with Gasteiger partial charge in [-0.05, 0) is 94.0 Å². The Morgan fingerprint density at radius 3 is 1.57 bits per heavy atom. The molecule has 0 aliphatic carbocycles. The maximum atomic E-state index is 6.47. The molecule has 0 atom stereocenters. The first-order valence-corrected chi connectivity index (χ1v) is 17.5. The molecule has 0 saturated carbocycles. The van der Waals surface area contributed by atoms with E-state index in [9.17, 15) is 0 Å². The minimum absolute atomic E-state index is 0.928. The molecule has 0 bridgehead atoms. The molecule has 3 aromatic heterocycles. The summed E-state index contributed by atoms with van der Waals surface area (Å²) in [6, 6.07) is 61.7. The van der Waals surface area contributed by atoms with Crippen LogP contribution in [0.4, 0.5) is 0 Å². The molecule has 12 aromatic rings. The van der Waals surface area contributed by atoms with Gasteiger partial charge in [0.05, 0.1) is 27.8 Å². The molecule has 12 rings (SSSR count). The van der Waals surface area contributed by atoms with Crippen molar-refractivity contribution in [2.75, 3.05) is 0 Å². The quantitative estimate of drug-likeness (QED) is 0.175. The number of furan rings is 1. The number of rotatable bonds is 3. The van der Waals surface area contributed by atoms with Gasteiger partial charge in [0.25, 0.3) is 0 Å². The van der Waals surface area contributed by atoms with Crippen LogP contribution in [-0.4, -0.2) is 9.13 Å². The Bertz CT molecular complexity index is 3360. The third kappa shape index (κ3) is 3.57. The van der Waals surface area contributed by atoms with Crippen molar-refractivity contribution in [3.05, 3.63) is 170 Å². The Kier molecular flexibility index (Phi) is 5.23. The smallest absolute Gasteiger partial charge is 0.136 e. The summed E-state index contributed by atoms with van der Waals surface area (Å²) in [4.78, 5) is 0. The average Bonchev–Trinajstić information content (AvgIpc) is 3.85. The van der Waals surface area contributed by atoms with Crippen molar-refractivity contribution in [2.45, 2.75) is 0 Å². The van der Waals surface area contributed by atoms with Gasteiger partial charge < -0.3 is 13.6 Å². The van der Waals surface area contributed by atoms with Gasteiger partial charge in [-0.2, -0.15) is 0 Å². The molecule has 3 heterocycles. The highest BCUT2D eigenvalue weighted by Crippen LogP contribution is 2.46. The van der Waals surface area contributed by atoms with Gasteiger partial charge in [0.1, 0.15) is 11.2 Å². The molecule has 3 heteroatoms. The second-order valence-electron chi connectivity index (χ2n) is 13.7. The maximum absolute atomic E-state index is 6.47. The summed E-state index contributed by atoms with van der Waals surface area (Å²) in [7, 11) is 0. The minimum atomic E-state index is 0.928. The molecular formula is C48H28N2O. The highest BCUT2D eigenvalue weighted by atomic mass is 16.3. The number of para-hydroxylation sites is 3. The van der Waals surface area contributed by atoms with E-state index < -0.39 is 0 Å². The second kappa shape index (κ2) is 9.87. The normalized spacial score (nSPS) is 12.3. The van der Waals surface area contributed by atoms with E-state index in [0.29, 0.717) is 0 Å². The van der Waals surface area contributed by atoms with E-state index in [1.165, 1.54) is 98.4 Å². The zero-order valence-corrected chi connectivity index (χ0v) is 27.5. The Morgan fingerprint density at radius 2 is 0.843 bits per heavy atom. The van der Waals surface area contributed by atoms with Crippen LogP contribution in [0.15, 0.2) is 174 Å². The Labute approximate surface area is 292 Å². The van der Waals surface area contributed by atoms with Crippen LogP contribution in [0.1, 0.15) is 0 Å². The third-order valence-corrected chi connectivity index (χ3v) is 11.1. The largest absolute Gasteiger partial charge is 0.456 e. The van der Waals surface area contributed by atoms with Crippen molar-refractivity contribution >= 4 is 87.1 Å². The number of nitrogens with zero attached hydrogens (tertiary/aromatic N) is 2. The fraction of sp³-hybridized carbons (Fsp3) is 0. The first-order valence-electron chi connectivity index (χ1n) is 17.5. The van der Waals surface area contributed by atoms with Crippen LogP contribution in [0.5, 0.6) is 0 Å². The summed E-state index contributed by atoms with van der Waals surface area (Å²) in [6.07, 6.45) is 0. The second-order valence-corrected chi connectivity index (χ2v) is 13.7. The zero-order chi connectivity index (χ0) is 33.2. The van der Waals surface area contributed by atoms with Crippen LogP contribution in [0, 0.1) is 0 Å². The van der Waals surface area contributed by atoms with Gasteiger partial charge >= 0.3 is 0 Å². The Morgan fingerprint density at radius 1 is 0.314 bits per heavy atom. The van der Waals surface area contributed by atoms with Crippen LogP contribution in [0.25, 0.3) is 110 Å². The molecule has 0 aliphatic heterocycles. The van der Waals surface area contributed by atoms with Crippen LogP contribution < -0.4 is 0 Å². The predicted octanol–water partition coefficient (Wildman–Crippen LogP) is 13.2. The lowest BCUT2D eigenvalue weighted by Crippen LogP contribution is -1.96. The Balaban J connectivity index is 1.12. The van der Waals surface area contributed by atoms with Crippen molar-refractivity contribution < 1.29 is 4.42 Å². The fourth-order valence-electron chi connectivity index (χ4n) is 8.94. The highest BCUT2D eigenvalue weighted by molar-refractivity contribution is 6.35. The molecule has 0 radical (unpaired) electrons. The summed E-state index contributed by atoms with van der Waals surface area (Å²) < 4.78 is 11.3. The summed E-state index contributed by atoms with van der Waals surface area (Å²) in [6.45, 7) is 0. The van der Waals surface area contributed by atoms with Crippen LogP contribution in [0.3, 0.4) is 0 Å². The van der Waals surface area contributed by atoms with E-state index in [1.807, 2.05) is 0 Å². The lowest BCUT2D eigenvalue weighted by Gasteiger charge is -2.15. The molecule has 0 N–H and O–H groups in total. The molecule has 51 heavy (non-hydrogen) atoms. The van der Waals surface area contributed by atoms with Crippen LogP contribution in [-0.2, 0) is 0 Å². The van der Waals surface area contributed by atoms with E-state index in [4.69, 9.17) is 4.42 Å². The van der Waals surface area contributed by atoms with Gasteiger partial charge in [-0.1, -0.05) is 103 Å². The summed E-state index contributed by atoms with van der Waals surface area (Å²) in [5.41, 5.74) is 11.4. The molecule has 0 saturated heterocycles. The van der Waals surface area contributed by atoms with Gasteiger partial charge in [0.2, 0.25) is 0 Å². The summed E-state index contributed by atoms with van der Waals surface area (Å²) in [5.74, 6) is 0. The van der Waals surface area contributed by atoms with Crippen molar-refractivity contribution in [3.63, 3.8) is 0 Å². The third-order valence-electron chi connectivity index (χ3n) is 11.1. The topological polar surface area (TPSA) is 23.0 Å². The summed E-state index contributed by atoms with van der Waals surface area (Å²) >= 11 is 0. The number of hydrogen-bond donors (Lipinski definition) is 0. The monoisotopic (exact) mass is 648 g/mol. The number of benzene rings is 9. The first kappa shape index (κ1) is 27.0. The van der Waals surface area contributed by atoms with E-state index in [1.54, 1.807) is 0 Å². The van der Waals surface area contributed by atoms with Gasteiger partial charge in [-0.3, -0.25) is 0 Å². The average molecular weight is 649 g/mol. The van der Waals surface area contributed by atoms with Crippen molar-refractivity contribution in [3.8, 4) is 22.5 Å². The van der Waals surface area contributed by atoms with E-state index in [0.717, 1.165) is 11.2 Å². The lowest BCUT2D eigenvalue weighted by molar-refractivity contribution is 0.669. The molecular weight excluding hydrogens is 621 g/mol. The van der Waals surface area contributed by atoms with E-state index in [2.05, 4.69) is 179 Å². The molecule has 0 aliphatic rings. The number of hydrogen-bond acceptors (Lipinski definition) is 1. The fourth-order valence-corrected chi connectivity index (χ4v) is 8.94. The van der Waals surface area contributed by atoms with Crippen molar-refractivity contribution in [2.24, 2.45) is 0 Å². The predicted molar refractivity (Wildman–Crippen MR) is 214 cm³/mol.